The van der Waals surface area contributed by atoms with Crippen LogP contribution in [0.3, 0.4) is 0 Å². The summed E-state index contributed by atoms with van der Waals surface area (Å²) in [4.78, 5) is 13.1. The van der Waals surface area contributed by atoms with Crippen molar-refractivity contribution in [1.29, 1.82) is 0 Å². The van der Waals surface area contributed by atoms with E-state index in [1.165, 1.54) is 4.68 Å². The molecule has 0 unspecified atom stereocenters. The number of rotatable bonds is 3. The van der Waals surface area contributed by atoms with E-state index in [2.05, 4.69) is 10.3 Å². The molecule has 2 rings (SSSR count). The summed E-state index contributed by atoms with van der Waals surface area (Å²) in [6.07, 6.45) is 1.28. The third-order valence-electron chi connectivity index (χ3n) is 2.31. The monoisotopic (exact) mass is 211 g/mol. The Hall–Kier alpha value is -1.47. The predicted molar refractivity (Wildman–Crippen MR) is 50.5 cm³/mol. The van der Waals surface area contributed by atoms with Crippen LogP contribution >= 0.6 is 0 Å². The van der Waals surface area contributed by atoms with Gasteiger partial charge in [-0.15, -0.1) is 5.10 Å². The summed E-state index contributed by atoms with van der Waals surface area (Å²) in [5, 5.41) is 16.6. The minimum atomic E-state index is -0.371. The third-order valence-corrected chi connectivity index (χ3v) is 2.31. The van der Waals surface area contributed by atoms with Crippen molar-refractivity contribution in [2.45, 2.75) is 19.2 Å². The van der Waals surface area contributed by atoms with Crippen LogP contribution in [0, 0.1) is 0 Å². The van der Waals surface area contributed by atoms with Gasteiger partial charge in [0, 0.05) is 19.6 Å². The molecule has 1 aromatic heterocycles. The van der Waals surface area contributed by atoms with Gasteiger partial charge in [-0.3, -0.25) is 4.79 Å². The smallest absolute Gasteiger partial charge is 0.244 e. The summed E-state index contributed by atoms with van der Waals surface area (Å²) in [7, 11) is 0. The normalized spacial score (nSPS) is 16.5. The molecule has 0 aromatic carbocycles. The first-order chi connectivity index (χ1) is 7.19. The van der Waals surface area contributed by atoms with Crippen molar-refractivity contribution >= 4 is 5.91 Å². The number of hydrogen-bond acceptors (Lipinski definition) is 5. The molecule has 1 aliphatic heterocycles. The maximum atomic E-state index is 11.5. The highest BCUT2D eigenvalue weighted by Gasteiger charge is 2.28. The van der Waals surface area contributed by atoms with Crippen LogP contribution in [0.1, 0.15) is 5.69 Å². The van der Waals surface area contributed by atoms with Gasteiger partial charge < -0.3 is 15.7 Å². The van der Waals surface area contributed by atoms with Gasteiger partial charge >= 0.3 is 0 Å². The minimum Gasteiger partial charge on any atom is -0.389 e. The quantitative estimate of drug-likeness (QED) is 0.599. The van der Waals surface area contributed by atoms with Crippen molar-refractivity contribution in [3.05, 3.63) is 11.9 Å². The van der Waals surface area contributed by atoms with E-state index >= 15 is 0 Å². The van der Waals surface area contributed by atoms with E-state index in [-0.39, 0.29) is 18.6 Å². The zero-order chi connectivity index (χ0) is 10.8. The zero-order valence-electron chi connectivity index (χ0n) is 8.20. The van der Waals surface area contributed by atoms with Gasteiger partial charge in [0.25, 0.3) is 0 Å². The van der Waals surface area contributed by atoms with Gasteiger partial charge in [0.2, 0.25) is 5.91 Å². The summed E-state index contributed by atoms with van der Waals surface area (Å²) in [6, 6.07) is 0. The second-order valence-corrected chi connectivity index (χ2v) is 3.56. The maximum Gasteiger partial charge on any atom is 0.244 e. The van der Waals surface area contributed by atoms with Gasteiger partial charge in [-0.2, -0.15) is 0 Å². The summed E-state index contributed by atoms with van der Waals surface area (Å²) >= 11 is 0. The minimum absolute atomic E-state index is 0.0613. The van der Waals surface area contributed by atoms with Crippen LogP contribution in [-0.4, -0.2) is 50.1 Å². The predicted octanol–water partition coefficient (Wildman–Crippen LogP) is -2.06. The van der Waals surface area contributed by atoms with Gasteiger partial charge in [-0.25, -0.2) is 4.68 Å². The molecule has 0 saturated carbocycles. The van der Waals surface area contributed by atoms with Crippen molar-refractivity contribution in [2.75, 3.05) is 13.1 Å². The fourth-order valence-electron chi connectivity index (χ4n) is 1.41. The van der Waals surface area contributed by atoms with Crippen LogP contribution in [0.5, 0.6) is 0 Å². The molecule has 7 heteroatoms. The number of hydrogen-bond donors (Lipinski definition) is 2. The van der Waals surface area contributed by atoms with Crippen molar-refractivity contribution in [1.82, 2.24) is 19.9 Å². The molecule has 7 nitrogen and oxygen atoms in total. The molecule has 1 amide bonds. The molecule has 15 heavy (non-hydrogen) atoms. The van der Waals surface area contributed by atoms with Crippen molar-refractivity contribution in [2.24, 2.45) is 5.73 Å². The highest BCUT2D eigenvalue weighted by molar-refractivity contribution is 5.76. The fourth-order valence-corrected chi connectivity index (χ4v) is 1.41. The van der Waals surface area contributed by atoms with Gasteiger partial charge in [0.1, 0.15) is 6.54 Å². The van der Waals surface area contributed by atoms with Crippen LogP contribution in [0.15, 0.2) is 6.20 Å². The molecule has 2 heterocycles. The van der Waals surface area contributed by atoms with E-state index in [0.29, 0.717) is 25.3 Å². The molecular formula is C8H13N5O2. The number of nitrogens with two attached hydrogens (primary N) is 1. The molecule has 3 N–H and O–H groups in total. The van der Waals surface area contributed by atoms with Crippen molar-refractivity contribution in [3.8, 4) is 0 Å². The van der Waals surface area contributed by atoms with E-state index in [4.69, 9.17) is 10.8 Å². The number of amides is 1. The van der Waals surface area contributed by atoms with Crippen LogP contribution in [0.2, 0.25) is 0 Å². The zero-order valence-corrected chi connectivity index (χ0v) is 8.20. The summed E-state index contributed by atoms with van der Waals surface area (Å²) < 4.78 is 1.45. The lowest BCUT2D eigenvalue weighted by atomic mass is 10.2. The van der Waals surface area contributed by atoms with E-state index in [1.807, 2.05) is 0 Å². The van der Waals surface area contributed by atoms with Gasteiger partial charge in [-0.1, -0.05) is 5.21 Å². The molecule has 82 valence electrons. The third kappa shape index (κ3) is 2.13. The SMILES string of the molecule is NCc1cn(CC(=O)N2CC(O)C2)nn1. The Kier molecular flexibility index (Phi) is 2.65. The molecule has 0 bridgehead atoms. The van der Waals surface area contributed by atoms with Crippen molar-refractivity contribution in [3.63, 3.8) is 0 Å². The fraction of sp³-hybridized carbons (Fsp3) is 0.625. The highest BCUT2D eigenvalue weighted by atomic mass is 16.3. The summed E-state index contributed by atoms with van der Waals surface area (Å²) in [5.74, 6) is -0.0613. The Morgan fingerprint density at radius 1 is 1.67 bits per heavy atom. The maximum absolute atomic E-state index is 11.5. The van der Waals surface area contributed by atoms with Crippen molar-refractivity contribution < 1.29 is 9.90 Å². The standard InChI is InChI=1S/C8H13N5O2/c9-1-6-2-13(11-10-6)5-8(15)12-3-7(14)4-12/h2,7,14H,1,3-5,9H2. The first kappa shape index (κ1) is 10.1. The number of nitrogens with zero attached hydrogens (tertiary/aromatic N) is 4. The van der Waals surface area contributed by atoms with Crippen LogP contribution in [0.4, 0.5) is 0 Å². The highest BCUT2D eigenvalue weighted by Crippen LogP contribution is 2.07. The van der Waals surface area contributed by atoms with Gasteiger partial charge in [0.05, 0.1) is 18.0 Å². The largest absolute Gasteiger partial charge is 0.389 e. The molecule has 0 spiro atoms. The van der Waals surface area contributed by atoms with Gasteiger partial charge in [0.15, 0.2) is 0 Å². The number of aromatic nitrogens is 3. The number of likely N-dealkylation sites (tertiary alicyclic amines) is 1. The Bertz CT molecular complexity index is 358. The van der Waals surface area contributed by atoms with Gasteiger partial charge in [-0.05, 0) is 0 Å². The number of β-amino-alcohol motifs (C(OH)–C–C–N with tert-alkyl or cyclic N) is 1. The average molecular weight is 211 g/mol. The number of aliphatic hydroxyl groups excluding tert-OH is 1. The first-order valence-corrected chi connectivity index (χ1v) is 4.74. The summed E-state index contributed by atoms with van der Waals surface area (Å²) in [6.45, 7) is 1.30. The lowest BCUT2D eigenvalue weighted by Crippen LogP contribution is -2.54. The lowest BCUT2D eigenvalue weighted by Gasteiger charge is -2.35. The van der Waals surface area contributed by atoms with Crippen LogP contribution < -0.4 is 5.73 Å². The second-order valence-electron chi connectivity index (χ2n) is 3.56. The van der Waals surface area contributed by atoms with E-state index in [1.54, 1.807) is 11.1 Å². The molecule has 1 saturated heterocycles. The molecule has 1 aliphatic rings. The van der Waals surface area contributed by atoms with Crippen LogP contribution in [-0.2, 0) is 17.9 Å². The topological polar surface area (TPSA) is 97.3 Å². The van der Waals surface area contributed by atoms with Crippen LogP contribution in [0.25, 0.3) is 0 Å². The molecule has 1 fully saturated rings. The van der Waals surface area contributed by atoms with E-state index in [0.717, 1.165) is 0 Å². The Labute approximate surface area is 86.5 Å². The van der Waals surface area contributed by atoms with E-state index in [9.17, 15) is 4.79 Å². The second kappa shape index (κ2) is 3.95. The Morgan fingerprint density at radius 2 is 2.40 bits per heavy atom. The number of carbonyl (C=O) groups excluding carboxylic acids is 1. The molecular weight excluding hydrogens is 198 g/mol. The van der Waals surface area contributed by atoms with E-state index < -0.39 is 0 Å². The first-order valence-electron chi connectivity index (χ1n) is 4.74. The number of aliphatic hydroxyl groups is 1. The Morgan fingerprint density at radius 3 is 2.93 bits per heavy atom. The molecule has 0 radical (unpaired) electrons. The Balaban J connectivity index is 1.88. The molecule has 0 aliphatic carbocycles. The number of carbonyl (C=O) groups is 1. The summed E-state index contributed by atoms with van der Waals surface area (Å²) in [5.41, 5.74) is 6.02. The average Bonchev–Trinajstić information content (AvgIpc) is 2.60. The molecule has 0 atom stereocenters. The molecule has 1 aromatic rings. The lowest BCUT2D eigenvalue weighted by molar-refractivity contribution is -0.142.